The lowest BCUT2D eigenvalue weighted by Gasteiger charge is -2.28. The zero-order chi connectivity index (χ0) is 27.2. The number of nitrogens with one attached hydrogen (secondary N) is 3. The summed E-state index contributed by atoms with van der Waals surface area (Å²) in [7, 11) is 2.11. The third-order valence-corrected chi connectivity index (χ3v) is 7.63. The van der Waals surface area contributed by atoms with Crippen LogP contribution < -0.4 is 20.9 Å². The second-order valence-electron chi connectivity index (χ2n) is 9.34. The predicted octanol–water partition coefficient (Wildman–Crippen LogP) is 5.96. The number of carbonyl (C=O) groups is 1. The molecule has 1 unspecified atom stereocenters. The quantitative estimate of drug-likeness (QED) is 0.221. The molecule has 1 fully saturated rings. The largest absolute Gasteiger partial charge is 0.369 e. The van der Waals surface area contributed by atoms with Crippen molar-refractivity contribution >= 4 is 69.1 Å². The first-order valence-corrected chi connectivity index (χ1v) is 14.1. The second-order valence-corrected chi connectivity index (χ2v) is 10.8. The molecule has 1 amide bonds. The number of hydrogen-bond acceptors (Lipinski definition) is 7. The third kappa shape index (κ3) is 7.10. The van der Waals surface area contributed by atoms with E-state index < -0.39 is 0 Å². The number of carbonyl (C=O) groups excluding carboxylic acids is 1. The van der Waals surface area contributed by atoms with E-state index in [4.69, 9.17) is 23.8 Å². The van der Waals surface area contributed by atoms with Crippen LogP contribution in [0.3, 0.4) is 0 Å². The lowest BCUT2D eigenvalue weighted by Crippen LogP contribution is -2.34. The van der Waals surface area contributed by atoms with Crippen molar-refractivity contribution in [2.24, 2.45) is 0 Å². The van der Waals surface area contributed by atoms with E-state index in [9.17, 15) is 4.79 Å². The van der Waals surface area contributed by atoms with E-state index >= 15 is 0 Å². The summed E-state index contributed by atoms with van der Waals surface area (Å²) >= 11 is 13.3. The summed E-state index contributed by atoms with van der Waals surface area (Å²) < 4.78 is 3.71. The van der Waals surface area contributed by atoms with Crippen LogP contribution in [0.1, 0.15) is 22.5 Å². The zero-order valence-electron chi connectivity index (χ0n) is 21.3. The molecule has 11 heteroatoms. The van der Waals surface area contributed by atoms with Gasteiger partial charge in [-0.15, -0.1) is 5.10 Å². The first kappa shape index (κ1) is 27.0. The highest BCUT2D eigenvalue weighted by molar-refractivity contribution is 7.80. The van der Waals surface area contributed by atoms with Gasteiger partial charge in [0.05, 0.1) is 10.7 Å². The maximum atomic E-state index is 12.1. The van der Waals surface area contributed by atoms with Gasteiger partial charge in [0.15, 0.2) is 10.8 Å². The van der Waals surface area contributed by atoms with Crippen molar-refractivity contribution in [2.45, 2.75) is 19.0 Å². The van der Waals surface area contributed by atoms with Crippen LogP contribution in [0, 0.1) is 0 Å². The Morgan fingerprint density at radius 2 is 1.74 bits per heavy atom. The molecule has 39 heavy (non-hydrogen) atoms. The van der Waals surface area contributed by atoms with Crippen molar-refractivity contribution in [1.82, 2.24) is 14.5 Å². The number of benzene rings is 3. The Labute approximate surface area is 242 Å². The van der Waals surface area contributed by atoms with Crippen LogP contribution in [0.4, 0.5) is 22.7 Å². The Bertz CT molecular complexity index is 1420. The van der Waals surface area contributed by atoms with Crippen molar-refractivity contribution in [3.05, 3.63) is 94.5 Å². The van der Waals surface area contributed by atoms with Gasteiger partial charge >= 0.3 is 0 Å². The predicted molar refractivity (Wildman–Crippen MR) is 164 cm³/mol. The first-order chi connectivity index (χ1) is 18.9. The number of halogens is 1. The summed E-state index contributed by atoms with van der Waals surface area (Å²) in [4.78, 5) is 16.9. The molecule has 1 aromatic heterocycles. The van der Waals surface area contributed by atoms with Crippen molar-refractivity contribution in [1.29, 1.82) is 0 Å². The van der Waals surface area contributed by atoms with Crippen LogP contribution in [0.2, 0.25) is 5.02 Å². The van der Waals surface area contributed by atoms with Gasteiger partial charge in [0.1, 0.15) is 0 Å². The molecule has 4 aromatic rings. The van der Waals surface area contributed by atoms with Gasteiger partial charge in [0.25, 0.3) is 5.91 Å². The van der Waals surface area contributed by atoms with Gasteiger partial charge in [0.2, 0.25) is 0 Å². The third-order valence-electron chi connectivity index (χ3n) is 6.62. The van der Waals surface area contributed by atoms with Crippen LogP contribution >= 0.6 is 35.4 Å². The van der Waals surface area contributed by atoms with E-state index in [-0.39, 0.29) is 11.6 Å². The molecule has 2 heterocycles. The van der Waals surface area contributed by atoms with Crippen molar-refractivity contribution in [2.75, 3.05) is 41.0 Å². The molecule has 8 nitrogen and oxygen atoms in total. The van der Waals surface area contributed by atoms with E-state index in [1.807, 2.05) is 30.3 Å². The van der Waals surface area contributed by atoms with Crippen LogP contribution in [0.15, 0.2) is 78.2 Å². The maximum Gasteiger partial charge on any atom is 0.277 e. The highest BCUT2D eigenvalue weighted by atomic mass is 35.5. The summed E-state index contributed by atoms with van der Waals surface area (Å²) in [6.45, 7) is 3.03. The minimum absolute atomic E-state index is 0.289. The van der Waals surface area contributed by atoms with Gasteiger partial charge in [0, 0.05) is 55.2 Å². The van der Waals surface area contributed by atoms with Gasteiger partial charge in [-0.2, -0.15) is 0 Å². The number of likely N-dealkylation sites (N-methyl/N-ethyl adjacent to an activating group) is 1. The number of likely N-dealkylation sites (tertiary alicyclic amines) is 1. The number of anilines is 4. The lowest BCUT2D eigenvalue weighted by atomic mass is 10.2. The SMILES string of the molecule is CN(c1ccc(NC(=S)Nc2ccc(NC(=O)c3csnn3)cc2)cc1Cl)C1CCN(Cc2ccccc2)C1. The van der Waals surface area contributed by atoms with E-state index in [0.717, 1.165) is 54.6 Å². The molecule has 1 aliphatic rings. The second kappa shape index (κ2) is 12.5. The Morgan fingerprint density at radius 3 is 2.44 bits per heavy atom. The Hall–Kier alpha value is -3.57. The number of nitrogens with zero attached hydrogens (tertiary/aromatic N) is 4. The lowest BCUT2D eigenvalue weighted by molar-refractivity contribution is 0.102. The average Bonchev–Trinajstić information content (AvgIpc) is 3.63. The van der Waals surface area contributed by atoms with Gasteiger partial charge in [-0.05, 0) is 78.2 Å². The van der Waals surface area contributed by atoms with Gasteiger partial charge < -0.3 is 20.9 Å². The van der Waals surface area contributed by atoms with E-state index in [1.165, 1.54) is 5.56 Å². The summed E-state index contributed by atoms with van der Waals surface area (Å²) in [5.41, 5.74) is 4.85. The monoisotopic (exact) mass is 577 g/mol. The molecule has 0 saturated carbocycles. The Morgan fingerprint density at radius 1 is 1.05 bits per heavy atom. The number of aromatic nitrogens is 2. The van der Waals surface area contributed by atoms with Crippen LogP contribution in [-0.4, -0.2) is 51.7 Å². The molecule has 0 spiro atoms. The topological polar surface area (TPSA) is 85.4 Å². The minimum Gasteiger partial charge on any atom is -0.369 e. The minimum atomic E-state index is -0.301. The van der Waals surface area contributed by atoms with Gasteiger partial charge in [-0.1, -0.05) is 46.4 Å². The average molecular weight is 578 g/mol. The molecule has 0 radical (unpaired) electrons. The smallest absolute Gasteiger partial charge is 0.277 e. The fraction of sp³-hybridized carbons (Fsp3) is 0.214. The zero-order valence-corrected chi connectivity index (χ0v) is 23.7. The molecule has 1 aliphatic heterocycles. The molecule has 3 N–H and O–H groups in total. The number of amides is 1. The summed E-state index contributed by atoms with van der Waals surface area (Å²) in [6.07, 6.45) is 1.10. The molecule has 5 rings (SSSR count). The van der Waals surface area contributed by atoms with Crippen molar-refractivity contribution in [3.63, 3.8) is 0 Å². The molecule has 3 aromatic carbocycles. The van der Waals surface area contributed by atoms with Crippen LogP contribution in [0.5, 0.6) is 0 Å². The molecule has 0 bridgehead atoms. The summed E-state index contributed by atoms with van der Waals surface area (Å²) in [6, 6.07) is 24.1. The highest BCUT2D eigenvalue weighted by Crippen LogP contribution is 2.31. The van der Waals surface area contributed by atoms with Gasteiger partial charge in [-0.25, -0.2) is 0 Å². The van der Waals surface area contributed by atoms with Crippen LogP contribution in [0.25, 0.3) is 0 Å². The first-order valence-electron chi connectivity index (χ1n) is 12.5. The highest BCUT2D eigenvalue weighted by Gasteiger charge is 2.27. The standard InChI is InChI=1S/C28H28ClN7OS2/c1-35(23-13-14-36(17-23)16-19-5-3-2-4-6-19)26-12-11-22(15-24(26)29)32-28(38)31-21-9-7-20(8-10-21)30-27(37)25-18-39-34-33-25/h2-12,15,18,23H,13-14,16-17H2,1H3,(H,30,37)(H2,31,32,38). The van der Waals surface area contributed by atoms with Crippen molar-refractivity contribution in [3.8, 4) is 0 Å². The maximum absolute atomic E-state index is 12.1. The van der Waals surface area contributed by atoms with Gasteiger partial charge in [-0.3, -0.25) is 9.69 Å². The van der Waals surface area contributed by atoms with Crippen LogP contribution in [-0.2, 0) is 6.54 Å². The molecular formula is C28H28ClN7OS2. The number of thiocarbonyl (C=S) groups is 1. The number of rotatable bonds is 8. The number of hydrogen-bond donors (Lipinski definition) is 3. The molecule has 0 aliphatic carbocycles. The molecule has 1 saturated heterocycles. The summed E-state index contributed by atoms with van der Waals surface area (Å²) in [5, 5.41) is 15.6. The summed E-state index contributed by atoms with van der Waals surface area (Å²) in [5.74, 6) is -0.301. The van der Waals surface area contributed by atoms with E-state index in [2.05, 4.69) is 72.7 Å². The fourth-order valence-corrected chi connectivity index (χ4v) is 5.56. The molecule has 200 valence electrons. The van der Waals surface area contributed by atoms with E-state index in [1.54, 1.807) is 17.5 Å². The Balaban J connectivity index is 1.12. The molecule has 1 atom stereocenters. The van der Waals surface area contributed by atoms with Crippen molar-refractivity contribution < 1.29 is 4.79 Å². The Kier molecular flexibility index (Phi) is 8.67. The van der Waals surface area contributed by atoms with E-state index in [0.29, 0.717) is 21.9 Å². The molecular weight excluding hydrogens is 550 g/mol. The fourth-order valence-electron chi connectivity index (χ4n) is 4.57. The normalized spacial score (nSPS) is 15.1.